The van der Waals surface area contributed by atoms with Crippen molar-refractivity contribution in [2.45, 2.75) is 19.4 Å². The molecule has 4 heteroatoms. The van der Waals surface area contributed by atoms with Gasteiger partial charge in [0.25, 0.3) is 0 Å². The van der Waals surface area contributed by atoms with Crippen LogP contribution in [-0.2, 0) is 0 Å². The van der Waals surface area contributed by atoms with Crippen molar-refractivity contribution < 1.29 is 0 Å². The summed E-state index contributed by atoms with van der Waals surface area (Å²) in [4.78, 5) is 3.95. The van der Waals surface area contributed by atoms with Gasteiger partial charge in [-0.2, -0.15) is 0 Å². The first-order valence-electron chi connectivity index (χ1n) is 4.22. The van der Waals surface area contributed by atoms with E-state index in [0.717, 1.165) is 5.69 Å². The van der Waals surface area contributed by atoms with Crippen LogP contribution in [0, 0.1) is 0 Å². The lowest BCUT2D eigenvalue weighted by atomic mass is 10.1. The van der Waals surface area contributed by atoms with Gasteiger partial charge in [-0.25, -0.2) is 4.98 Å². The van der Waals surface area contributed by atoms with Crippen LogP contribution in [0.15, 0.2) is 18.3 Å². The molecule has 0 unspecified atom stereocenters. The number of pyridine rings is 1. The highest BCUT2D eigenvalue weighted by atomic mass is 14.9. The number of rotatable bonds is 3. The summed E-state index contributed by atoms with van der Waals surface area (Å²) in [6.07, 6.45) is 1.70. The Hall–Kier alpha value is -1.29. The van der Waals surface area contributed by atoms with E-state index in [-0.39, 0.29) is 5.54 Å². The first-order chi connectivity index (χ1) is 5.97. The van der Waals surface area contributed by atoms with E-state index in [0.29, 0.717) is 12.4 Å². The Labute approximate surface area is 78.3 Å². The molecule has 13 heavy (non-hydrogen) atoms. The zero-order valence-electron chi connectivity index (χ0n) is 8.04. The largest absolute Gasteiger partial charge is 0.384 e. The molecule has 1 heterocycles. The Morgan fingerprint density at radius 3 is 2.62 bits per heavy atom. The summed E-state index contributed by atoms with van der Waals surface area (Å²) in [5.41, 5.74) is 12.0. The summed E-state index contributed by atoms with van der Waals surface area (Å²) in [5, 5.41) is 3.17. The number of nitrogens with one attached hydrogen (secondary N) is 1. The van der Waals surface area contributed by atoms with Crippen molar-refractivity contribution in [1.29, 1.82) is 0 Å². The van der Waals surface area contributed by atoms with E-state index >= 15 is 0 Å². The molecule has 0 aliphatic heterocycles. The number of nitrogen functional groups attached to an aromatic ring is 1. The second-order valence-corrected chi connectivity index (χ2v) is 3.81. The van der Waals surface area contributed by atoms with Gasteiger partial charge in [-0.15, -0.1) is 0 Å². The fourth-order valence-electron chi connectivity index (χ4n) is 0.840. The molecule has 1 rings (SSSR count). The minimum atomic E-state index is -0.221. The molecule has 4 nitrogen and oxygen atoms in total. The van der Waals surface area contributed by atoms with Crippen LogP contribution in [0.25, 0.3) is 0 Å². The second-order valence-electron chi connectivity index (χ2n) is 3.81. The zero-order chi connectivity index (χ0) is 9.90. The molecule has 0 saturated heterocycles. The van der Waals surface area contributed by atoms with Gasteiger partial charge in [0, 0.05) is 12.1 Å². The number of aromatic nitrogens is 1. The van der Waals surface area contributed by atoms with Crippen LogP contribution < -0.4 is 16.8 Å². The van der Waals surface area contributed by atoms with E-state index in [9.17, 15) is 0 Å². The first kappa shape index (κ1) is 9.80. The van der Waals surface area contributed by atoms with E-state index in [1.54, 1.807) is 12.3 Å². The highest BCUT2D eigenvalue weighted by Gasteiger charge is 2.09. The van der Waals surface area contributed by atoms with Gasteiger partial charge in [-0.3, -0.25) is 0 Å². The van der Waals surface area contributed by atoms with Crippen LogP contribution in [0.2, 0.25) is 0 Å². The van der Waals surface area contributed by atoms with Crippen LogP contribution >= 0.6 is 0 Å². The van der Waals surface area contributed by atoms with E-state index in [1.807, 2.05) is 19.9 Å². The molecule has 0 spiro atoms. The lowest BCUT2D eigenvalue weighted by molar-refractivity contribution is 0.549. The number of nitrogens with two attached hydrogens (primary N) is 2. The highest BCUT2D eigenvalue weighted by molar-refractivity contribution is 5.45. The average Bonchev–Trinajstić information content (AvgIpc) is 2.02. The molecule has 0 atom stereocenters. The van der Waals surface area contributed by atoms with Gasteiger partial charge in [-0.1, -0.05) is 0 Å². The summed E-state index contributed by atoms with van der Waals surface area (Å²) in [7, 11) is 0. The monoisotopic (exact) mass is 180 g/mol. The molecule has 0 aliphatic rings. The molecule has 5 N–H and O–H groups in total. The van der Waals surface area contributed by atoms with Crippen molar-refractivity contribution in [1.82, 2.24) is 4.98 Å². The summed E-state index contributed by atoms with van der Waals surface area (Å²) in [5.74, 6) is 0.526. The maximum atomic E-state index is 5.81. The second kappa shape index (κ2) is 3.62. The Bertz CT molecular complexity index is 260. The molecule has 0 bridgehead atoms. The van der Waals surface area contributed by atoms with E-state index in [2.05, 4.69) is 10.3 Å². The topological polar surface area (TPSA) is 77.0 Å². The molecule has 0 radical (unpaired) electrons. The van der Waals surface area contributed by atoms with E-state index < -0.39 is 0 Å². The smallest absolute Gasteiger partial charge is 0.123 e. The minimum absolute atomic E-state index is 0.221. The molecular formula is C9H16N4. The Balaban J connectivity index is 2.51. The van der Waals surface area contributed by atoms with Crippen molar-refractivity contribution in [2.24, 2.45) is 5.73 Å². The van der Waals surface area contributed by atoms with Crippen molar-refractivity contribution >= 4 is 11.5 Å². The molecule has 0 aliphatic carbocycles. The van der Waals surface area contributed by atoms with Crippen molar-refractivity contribution in [2.75, 3.05) is 17.6 Å². The van der Waals surface area contributed by atoms with Crippen LogP contribution in [0.5, 0.6) is 0 Å². The van der Waals surface area contributed by atoms with Gasteiger partial charge in [-0.05, 0) is 26.0 Å². The van der Waals surface area contributed by atoms with Gasteiger partial charge in [0.2, 0.25) is 0 Å². The van der Waals surface area contributed by atoms with Crippen molar-refractivity contribution in [3.05, 3.63) is 18.3 Å². The number of hydrogen-bond donors (Lipinski definition) is 3. The van der Waals surface area contributed by atoms with Crippen LogP contribution in [0.3, 0.4) is 0 Å². The summed E-state index contributed by atoms with van der Waals surface area (Å²) in [6.45, 7) is 4.63. The normalized spacial score (nSPS) is 11.3. The predicted molar refractivity (Wildman–Crippen MR) is 55.4 cm³/mol. The number of nitrogens with zero attached hydrogens (tertiary/aromatic N) is 1. The summed E-state index contributed by atoms with van der Waals surface area (Å²) in [6, 6.07) is 3.64. The standard InChI is InChI=1S/C9H16N4/c1-9(2,11)6-13-7-3-4-8(10)12-5-7/h3-5,13H,6,11H2,1-2H3,(H2,10,12). The van der Waals surface area contributed by atoms with Gasteiger partial charge >= 0.3 is 0 Å². The van der Waals surface area contributed by atoms with Crippen molar-refractivity contribution in [3.8, 4) is 0 Å². The van der Waals surface area contributed by atoms with Gasteiger partial charge in [0.1, 0.15) is 5.82 Å². The average molecular weight is 180 g/mol. The Morgan fingerprint density at radius 1 is 1.46 bits per heavy atom. The third kappa shape index (κ3) is 3.75. The molecule has 0 amide bonds. The van der Waals surface area contributed by atoms with Gasteiger partial charge < -0.3 is 16.8 Å². The van der Waals surface area contributed by atoms with Crippen LogP contribution in [0.1, 0.15) is 13.8 Å². The SMILES string of the molecule is CC(C)(N)CNc1ccc(N)nc1. The fourth-order valence-corrected chi connectivity index (χ4v) is 0.840. The van der Waals surface area contributed by atoms with E-state index in [1.165, 1.54) is 0 Å². The Morgan fingerprint density at radius 2 is 2.15 bits per heavy atom. The molecule has 1 aromatic heterocycles. The fraction of sp³-hybridized carbons (Fsp3) is 0.444. The number of hydrogen-bond acceptors (Lipinski definition) is 4. The van der Waals surface area contributed by atoms with Gasteiger partial charge in [0.05, 0.1) is 11.9 Å². The third-order valence-corrected chi connectivity index (χ3v) is 1.53. The molecule has 0 saturated carbocycles. The molecule has 72 valence electrons. The van der Waals surface area contributed by atoms with Crippen LogP contribution in [0.4, 0.5) is 11.5 Å². The minimum Gasteiger partial charge on any atom is -0.384 e. The maximum Gasteiger partial charge on any atom is 0.123 e. The van der Waals surface area contributed by atoms with Crippen LogP contribution in [-0.4, -0.2) is 17.1 Å². The predicted octanol–water partition coefficient (Wildman–Crippen LogP) is 0.813. The molecular weight excluding hydrogens is 164 g/mol. The van der Waals surface area contributed by atoms with Crippen molar-refractivity contribution in [3.63, 3.8) is 0 Å². The lowest BCUT2D eigenvalue weighted by Crippen LogP contribution is -2.39. The number of anilines is 2. The maximum absolute atomic E-state index is 5.81. The highest BCUT2D eigenvalue weighted by Crippen LogP contribution is 2.08. The van der Waals surface area contributed by atoms with Gasteiger partial charge in [0.15, 0.2) is 0 Å². The summed E-state index contributed by atoms with van der Waals surface area (Å²) >= 11 is 0. The molecule has 0 fully saturated rings. The third-order valence-electron chi connectivity index (χ3n) is 1.53. The molecule has 1 aromatic rings. The van der Waals surface area contributed by atoms with E-state index in [4.69, 9.17) is 11.5 Å². The summed E-state index contributed by atoms with van der Waals surface area (Å²) < 4.78 is 0. The lowest BCUT2D eigenvalue weighted by Gasteiger charge is -2.19. The molecule has 0 aromatic carbocycles. The quantitative estimate of drug-likeness (QED) is 0.643. The zero-order valence-corrected chi connectivity index (χ0v) is 8.04. The Kier molecular flexibility index (Phi) is 2.72. The first-order valence-corrected chi connectivity index (χ1v) is 4.22.